The molecule has 1 aliphatic carbocycles. The Morgan fingerprint density at radius 3 is 2.80 bits per heavy atom. The van der Waals surface area contributed by atoms with E-state index in [1.807, 2.05) is 35.8 Å². The Bertz CT molecular complexity index is 692. The molecular weight excluding hydrogens is 258 g/mol. The number of para-hydroxylation sites is 2. The molecule has 1 aromatic heterocycles. The van der Waals surface area contributed by atoms with E-state index in [0.717, 1.165) is 11.0 Å². The molecule has 0 aliphatic heterocycles. The van der Waals surface area contributed by atoms with Crippen molar-refractivity contribution < 1.29 is 14.7 Å². The summed E-state index contributed by atoms with van der Waals surface area (Å²) in [6.45, 7) is 2.66. The summed E-state index contributed by atoms with van der Waals surface area (Å²) < 4.78 is 1.91. The van der Waals surface area contributed by atoms with Crippen molar-refractivity contribution in [3.63, 3.8) is 0 Å². The number of aliphatic carboxylic acids is 1. The van der Waals surface area contributed by atoms with Gasteiger partial charge in [-0.2, -0.15) is 0 Å². The van der Waals surface area contributed by atoms with E-state index in [2.05, 4.69) is 10.3 Å². The van der Waals surface area contributed by atoms with Gasteiger partial charge in [-0.15, -0.1) is 0 Å². The van der Waals surface area contributed by atoms with Crippen LogP contribution in [-0.2, 0) is 16.1 Å². The first-order chi connectivity index (χ1) is 9.61. The smallest absolute Gasteiger partial charge is 0.307 e. The number of imidazole rings is 1. The third-order valence-electron chi connectivity index (χ3n) is 3.65. The highest BCUT2D eigenvalue weighted by atomic mass is 16.4. The van der Waals surface area contributed by atoms with E-state index in [4.69, 9.17) is 5.11 Å². The van der Waals surface area contributed by atoms with Gasteiger partial charge in [-0.05, 0) is 25.5 Å². The number of carboxylic acids is 1. The van der Waals surface area contributed by atoms with Crippen molar-refractivity contribution in [2.45, 2.75) is 19.9 Å². The van der Waals surface area contributed by atoms with Crippen molar-refractivity contribution in [3.8, 4) is 0 Å². The molecule has 1 amide bonds. The van der Waals surface area contributed by atoms with E-state index in [1.165, 1.54) is 0 Å². The van der Waals surface area contributed by atoms with E-state index in [-0.39, 0.29) is 5.91 Å². The Morgan fingerprint density at radius 2 is 2.15 bits per heavy atom. The average molecular weight is 273 g/mol. The Balaban J connectivity index is 1.84. The molecule has 0 radical (unpaired) electrons. The molecule has 0 spiro atoms. The summed E-state index contributed by atoms with van der Waals surface area (Å²) >= 11 is 0. The average Bonchev–Trinajstić information content (AvgIpc) is 3.15. The topological polar surface area (TPSA) is 84.2 Å². The minimum absolute atomic E-state index is 0.262. The van der Waals surface area contributed by atoms with E-state index >= 15 is 0 Å². The quantitative estimate of drug-likeness (QED) is 0.888. The van der Waals surface area contributed by atoms with Crippen LogP contribution in [-0.4, -0.2) is 26.5 Å². The molecule has 1 heterocycles. The lowest BCUT2D eigenvalue weighted by Crippen LogP contribution is -2.19. The summed E-state index contributed by atoms with van der Waals surface area (Å²) in [4.78, 5) is 27.2. The molecule has 2 N–H and O–H groups in total. The normalized spacial score (nSPS) is 20.9. The van der Waals surface area contributed by atoms with Crippen molar-refractivity contribution in [3.05, 3.63) is 24.3 Å². The summed E-state index contributed by atoms with van der Waals surface area (Å²) in [5, 5.41) is 11.6. The molecule has 1 saturated carbocycles. The predicted octanol–water partition coefficient (Wildman–Crippen LogP) is 1.72. The molecule has 0 unspecified atom stereocenters. The number of nitrogens with one attached hydrogen (secondary N) is 1. The minimum atomic E-state index is -0.908. The fourth-order valence-corrected chi connectivity index (χ4v) is 2.45. The maximum Gasteiger partial charge on any atom is 0.307 e. The summed E-state index contributed by atoms with van der Waals surface area (Å²) in [7, 11) is 0. The first-order valence-electron chi connectivity index (χ1n) is 6.60. The molecule has 1 fully saturated rings. The van der Waals surface area contributed by atoms with Crippen molar-refractivity contribution in [1.29, 1.82) is 0 Å². The predicted molar refractivity (Wildman–Crippen MR) is 73.3 cm³/mol. The molecule has 1 aromatic carbocycles. The van der Waals surface area contributed by atoms with Crippen LogP contribution in [0.2, 0.25) is 0 Å². The van der Waals surface area contributed by atoms with Crippen LogP contribution in [0, 0.1) is 11.8 Å². The molecule has 0 saturated heterocycles. The lowest BCUT2D eigenvalue weighted by Gasteiger charge is -2.07. The van der Waals surface area contributed by atoms with E-state index < -0.39 is 17.8 Å². The largest absolute Gasteiger partial charge is 0.481 e. The van der Waals surface area contributed by atoms with Gasteiger partial charge in [0.15, 0.2) is 0 Å². The van der Waals surface area contributed by atoms with Crippen LogP contribution in [0.5, 0.6) is 0 Å². The highest BCUT2D eigenvalue weighted by Crippen LogP contribution is 2.39. The number of nitrogens with zero attached hydrogens (tertiary/aromatic N) is 2. The Kier molecular flexibility index (Phi) is 2.93. The van der Waals surface area contributed by atoms with Crippen molar-refractivity contribution in [2.24, 2.45) is 11.8 Å². The molecule has 0 bridgehead atoms. The van der Waals surface area contributed by atoms with Gasteiger partial charge in [0.1, 0.15) is 0 Å². The van der Waals surface area contributed by atoms with Gasteiger partial charge in [0, 0.05) is 6.54 Å². The van der Waals surface area contributed by atoms with Crippen LogP contribution in [0.4, 0.5) is 5.95 Å². The molecular formula is C14H15N3O3. The standard InChI is InChI=1S/C14H15N3O3/c1-2-17-11-6-4-3-5-10(11)15-14(17)16-12(18)8-7-9(8)13(19)20/h3-6,8-9H,2,7H2,1H3,(H,19,20)(H,15,16,18)/t8-,9+/m0/s1. The zero-order valence-electron chi connectivity index (χ0n) is 11.0. The number of benzene rings is 1. The van der Waals surface area contributed by atoms with Gasteiger partial charge in [-0.1, -0.05) is 12.1 Å². The van der Waals surface area contributed by atoms with Gasteiger partial charge in [-0.3, -0.25) is 14.9 Å². The van der Waals surface area contributed by atoms with Gasteiger partial charge in [0.2, 0.25) is 11.9 Å². The van der Waals surface area contributed by atoms with Gasteiger partial charge >= 0.3 is 5.97 Å². The highest BCUT2D eigenvalue weighted by Gasteiger charge is 2.48. The Hall–Kier alpha value is -2.37. The van der Waals surface area contributed by atoms with Gasteiger partial charge in [0.25, 0.3) is 0 Å². The van der Waals surface area contributed by atoms with Gasteiger partial charge in [-0.25, -0.2) is 4.98 Å². The fourth-order valence-electron chi connectivity index (χ4n) is 2.45. The molecule has 104 valence electrons. The van der Waals surface area contributed by atoms with E-state index in [0.29, 0.717) is 18.9 Å². The first-order valence-corrected chi connectivity index (χ1v) is 6.60. The molecule has 6 nitrogen and oxygen atoms in total. The van der Waals surface area contributed by atoms with Crippen LogP contribution in [0.1, 0.15) is 13.3 Å². The second kappa shape index (κ2) is 4.63. The van der Waals surface area contributed by atoms with Crippen molar-refractivity contribution in [2.75, 3.05) is 5.32 Å². The maximum absolute atomic E-state index is 12.0. The SMILES string of the molecule is CCn1c(NC(=O)[C@H]2C[C@H]2C(=O)O)nc2ccccc21. The molecule has 2 atom stereocenters. The number of aryl methyl sites for hydroxylation is 1. The number of hydrogen-bond donors (Lipinski definition) is 2. The number of fused-ring (bicyclic) bond motifs is 1. The number of carboxylic acid groups (broad SMARTS) is 1. The number of carbonyl (C=O) groups is 2. The number of hydrogen-bond acceptors (Lipinski definition) is 3. The number of anilines is 1. The van der Waals surface area contributed by atoms with Crippen LogP contribution >= 0.6 is 0 Å². The van der Waals surface area contributed by atoms with Crippen molar-refractivity contribution >= 4 is 28.9 Å². The van der Waals surface area contributed by atoms with Crippen LogP contribution in [0.15, 0.2) is 24.3 Å². The zero-order chi connectivity index (χ0) is 14.3. The number of aromatic nitrogens is 2. The van der Waals surface area contributed by atoms with E-state index in [9.17, 15) is 9.59 Å². The molecule has 1 aliphatic rings. The fraction of sp³-hybridized carbons (Fsp3) is 0.357. The Morgan fingerprint density at radius 1 is 1.40 bits per heavy atom. The summed E-state index contributed by atoms with van der Waals surface area (Å²) in [6.07, 6.45) is 0.410. The second-order valence-electron chi connectivity index (χ2n) is 4.94. The summed E-state index contributed by atoms with van der Waals surface area (Å²) in [6, 6.07) is 7.64. The monoisotopic (exact) mass is 273 g/mol. The van der Waals surface area contributed by atoms with Crippen LogP contribution in [0.25, 0.3) is 11.0 Å². The molecule has 20 heavy (non-hydrogen) atoms. The molecule has 2 aromatic rings. The number of carbonyl (C=O) groups excluding carboxylic acids is 1. The van der Waals surface area contributed by atoms with Gasteiger partial charge < -0.3 is 9.67 Å². The lowest BCUT2D eigenvalue weighted by molar-refractivity contribution is -0.139. The van der Waals surface area contributed by atoms with Crippen molar-refractivity contribution in [1.82, 2.24) is 9.55 Å². The van der Waals surface area contributed by atoms with E-state index in [1.54, 1.807) is 0 Å². The minimum Gasteiger partial charge on any atom is -0.481 e. The molecule has 6 heteroatoms. The highest BCUT2D eigenvalue weighted by molar-refractivity contribution is 5.98. The summed E-state index contributed by atoms with van der Waals surface area (Å²) in [5.41, 5.74) is 1.77. The van der Waals surface area contributed by atoms with Crippen LogP contribution in [0.3, 0.4) is 0 Å². The second-order valence-corrected chi connectivity index (χ2v) is 4.94. The third kappa shape index (κ3) is 2.03. The zero-order valence-corrected chi connectivity index (χ0v) is 11.0. The number of amides is 1. The number of rotatable bonds is 4. The molecule has 3 rings (SSSR count). The van der Waals surface area contributed by atoms with Crippen LogP contribution < -0.4 is 5.32 Å². The Labute approximate surface area is 115 Å². The van der Waals surface area contributed by atoms with Gasteiger partial charge in [0.05, 0.1) is 22.9 Å². The summed E-state index contributed by atoms with van der Waals surface area (Å²) in [5.74, 6) is -1.67. The third-order valence-corrected chi connectivity index (χ3v) is 3.65. The maximum atomic E-state index is 12.0. The lowest BCUT2D eigenvalue weighted by atomic mass is 10.3. The first kappa shape index (κ1) is 12.7.